The molecule has 0 spiro atoms. The molecule has 0 saturated heterocycles. The molecule has 0 atom stereocenters. The van der Waals surface area contributed by atoms with Gasteiger partial charge in [0.15, 0.2) is 0 Å². The molecule has 0 unspecified atom stereocenters. The molecule has 7 heteroatoms. The standard InChI is InChI=1S/C14H19NO5S/c1-19-12-6-5-11(9-13(12)21(15,17)18)14(16)20-8-7-10-3-2-4-10/h5-6,9-10H,2-4,7-8H2,1H3,(H2,15,17,18). The highest BCUT2D eigenvalue weighted by atomic mass is 32.2. The molecular formula is C14H19NO5S. The second-order valence-corrected chi connectivity index (χ2v) is 6.66. The first kappa shape index (κ1) is 15.8. The summed E-state index contributed by atoms with van der Waals surface area (Å²) in [5.41, 5.74) is 0.147. The molecule has 0 radical (unpaired) electrons. The number of ether oxygens (including phenoxy) is 2. The molecule has 6 nitrogen and oxygen atoms in total. The zero-order valence-corrected chi connectivity index (χ0v) is 12.7. The summed E-state index contributed by atoms with van der Waals surface area (Å²) in [6.07, 6.45) is 4.48. The maximum atomic E-state index is 11.9. The lowest BCUT2D eigenvalue weighted by Gasteiger charge is -2.24. The van der Waals surface area contributed by atoms with Crippen molar-refractivity contribution in [2.45, 2.75) is 30.6 Å². The van der Waals surface area contributed by atoms with E-state index in [1.54, 1.807) is 0 Å². The molecule has 116 valence electrons. The van der Waals surface area contributed by atoms with Gasteiger partial charge >= 0.3 is 5.97 Å². The lowest BCUT2D eigenvalue weighted by atomic mass is 9.83. The van der Waals surface area contributed by atoms with Crippen molar-refractivity contribution in [2.24, 2.45) is 11.1 Å². The van der Waals surface area contributed by atoms with E-state index in [-0.39, 0.29) is 16.2 Å². The third kappa shape index (κ3) is 3.95. The monoisotopic (exact) mass is 313 g/mol. The molecule has 1 saturated carbocycles. The van der Waals surface area contributed by atoms with E-state index < -0.39 is 16.0 Å². The first-order valence-electron chi connectivity index (χ1n) is 6.80. The number of nitrogens with two attached hydrogens (primary N) is 1. The maximum absolute atomic E-state index is 11.9. The Bertz CT molecular complexity index is 622. The highest BCUT2D eigenvalue weighted by Gasteiger charge is 2.20. The van der Waals surface area contributed by atoms with Crippen molar-refractivity contribution >= 4 is 16.0 Å². The Hall–Kier alpha value is -1.60. The Morgan fingerprint density at radius 2 is 2.10 bits per heavy atom. The van der Waals surface area contributed by atoms with Crippen LogP contribution in [0.3, 0.4) is 0 Å². The van der Waals surface area contributed by atoms with Gasteiger partial charge < -0.3 is 9.47 Å². The molecular weight excluding hydrogens is 294 g/mol. The van der Waals surface area contributed by atoms with E-state index in [2.05, 4.69) is 0 Å². The zero-order chi connectivity index (χ0) is 15.5. The third-order valence-corrected chi connectivity index (χ3v) is 4.62. The van der Waals surface area contributed by atoms with Gasteiger partial charge in [-0.25, -0.2) is 18.4 Å². The Morgan fingerprint density at radius 1 is 1.38 bits per heavy atom. The van der Waals surface area contributed by atoms with Gasteiger partial charge in [0.25, 0.3) is 0 Å². The largest absolute Gasteiger partial charge is 0.495 e. The minimum Gasteiger partial charge on any atom is -0.495 e. The normalized spacial score (nSPS) is 15.3. The minimum atomic E-state index is -3.96. The van der Waals surface area contributed by atoms with Gasteiger partial charge in [-0.05, 0) is 30.5 Å². The Kier molecular flexibility index (Phi) is 4.84. The molecule has 1 aliphatic carbocycles. The van der Waals surface area contributed by atoms with Crippen LogP contribution in [0.15, 0.2) is 23.1 Å². The summed E-state index contributed by atoms with van der Waals surface area (Å²) in [4.78, 5) is 11.7. The average molecular weight is 313 g/mol. The van der Waals surface area contributed by atoms with Crippen LogP contribution in [0.5, 0.6) is 5.75 Å². The second kappa shape index (κ2) is 6.44. The van der Waals surface area contributed by atoms with Gasteiger partial charge in [-0.1, -0.05) is 19.3 Å². The van der Waals surface area contributed by atoms with Crippen molar-refractivity contribution in [1.29, 1.82) is 0 Å². The van der Waals surface area contributed by atoms with Crippen LogP contribution in [0.25, 0.3) is 0 Å². The van der Waals surface area contributed by atoms with E-state index in [4.69, 9.17) is 14.6 Å². The Morgan fingerprint density at radius 3 is 2.62 bits per heavy atom. The summed E-state index contributed by atoms with van der Waals surface area (Å²) in [7, 11) is -2.63. The first-order chi connectivity index (χ1) is 9.91. The fraction of sp³-hybridized carbons (Fsp3) is 0.500. The van der Waals surface area contributed by atoms with Gasteiger partial charge in [0, 0.05) is 0 Å². The van der Waals surface area contributed by atoms with E-state index in [9.17, 15) is 13.2 Å². The molecule has 1 aromatic carbocycles. The van der Waals surface area contributed by atoms with Crippen molar-refractivity contribution in [2.75, 3.05) is 13.7 Å². The molecule has 0 amide bonds. The molecule has 1 aliphatic rings. The first-order valence-corrected chi connectivity index (χ1v) is 8.34. The molecule has 0 aliphatic heterocycles. The van der Waals surface area contributed by atoms with E-state index in [1.165, 1.54) is 44.6 Å². The summed E-state index contributed by atoms with van der Waals surface area (Å²) in [5, 5.41) is 5.11. The summed E-state index contributed by atoms with van der Waals surface area (Å²) in [6.45, 7) is 0.347. The van der Waals surface area contributed by atoms with Crippen molar-refractivity contribution in [3.05, 3.63) is 23.8 Å². The molecule has 2 rings (SSSR count). The quantitative estimate of drug-likeness (QED) is 0.806. The third-order valence-electron chi connectivity index (χ3n) is 3.69. The zero-order valence-electron chi connectivity index (χ0n) is 11.9. The molecule has 21 heavy (non-hydrogen) atoms. The number of primary sulfonamides is 1. The van der Waals surface area contributed by atoms with Crippen molar-refractivity contribution in [3.63, 3.8) is 0 Å². The SMILES string of the molecule is COc1ccc(C(=O)OCCC2CCC2)cc1S(N)(=O)=O. The molecule has 0 bridgehead atoms. The van der Waals surface area contributed by atoms with Gasteiger partial charge in [-0.2, -0.15) is 0 Å². The maximum Gasteiger partial charge on any atom is 0.338 e. The van der Waals surface area contributed by atoms with Crippen LogP contribution in [0, 0.1) is 5.92 Å². The fourth-order valence-corrected chi connectivity index (χ4v) is 2.93. The van der Waals surface area contributed by atoms with Gasteiger partial charge in [0.05, 0.1) is 19.3 Å². The Balaban J connectivity index is 2.06. The van der Waals surface area contributed by atoms with E-state index in [1.807, 2.05) is 0 Å². The number of methoxy groups -OCH3 is 1. The van der Waals surface area contributed by atoms with Crippen LogP contribution in [-0.4, -0.2) is 28.1 Å². The predicted molar refractivity (Wildman–Crippen MR) is 76.6 cm³/mol. The second-order valence-electron chi connectivity index (χ2n) is 5.13. The van der Waals surface area contributed by atoms with Crippen molar-refractivity contribution < 1.29 is 22.7 Å². The fourth-order valence-electron chi connectivity index (χ4n) is 2.21. The smallest absolute Gasteiger partial charge is 0.338 e. The number of carbonyl (C=O) groups excluding carboxylic acids is 1. The van der Waals surface area contributed by atoms with Crippen LogP contribution in [0.4, 0.5) is 0 Å². The van der Waals surface area contributed by atoms with Crippen LogP contribution in [0.2, 0.25) is 0 Å². The van der Waals surface area contributed by atoms with Crippen LogP contribution in [-0.2, 0) is 14.8 Å². The molecule has 1 aromatic rings. The van der Waals surface area contributed by atoms with Crippen LogP contribution < -0.4 is 9.88 Å². The van der Waals surface area contributed by atoms with E-state index in [0.29, 0.717) is 12.5 Å². The number of sulfonamides is 1. The molecule has 0 aromatic heterocycles. The van der Waals surface area contributed by atoms with Gasteiger partial charge in [-0.15, -0.1) is 0 Å². The number of benzene rings is 1. The van der Waals surface area contributed by atoms with Crippen molar-refractivity contribution in [3.8, 4) is 5.75 Å². The predicted octanol–water partition coefficient (Wildman–Crippen LogP) is 1.69. The number of rotatable bonds is 6. The number of carbonyl (C=O) groups is 1. The lowest BCUT2D eigenvalue weighted by molar-refractivity contribution is 0.0464. The highest BCUT2D eigenvalue weighted by molar-refractivity contribution is 7.89. The summed E-state index contributed by atoms with van der Waals surface area (Å²) in [5.74, 6) is 0.194. The summed E-state index contributed by atoms with van der Waals surface area (Å²) < 4.78 is 33.1. The number of esters is 1. The Labute approximate surface area is 124 Å². The van der Waals surface area contributed by atoms with Crippen molar-refractivity contribution in [1.82, 2.24) is 0 Å². The molecule has 0 heterocycles. The lowest BCUT2D eigenvalue weighted by Crippen LogP contribution is -2.17. The van der Waals surface area contributed by atoms with Crippen LogP contribution in [0.1, 0.15) is 36.0 Å². The minimum absolute atomic E-state index is 0.100. The average Bonchev–Trinajstić information content (AvgIpc) is 2.39. The topological polar surface area (TPSA) is 95.7 Å². The highest BCUT2D eigenvalue weighted by Crippen LogP contribution is 2.29. The van der Waals surface area contributed by atoms with Gasteiger partial charge in [0.1, 0.15) is 10.6 Å². The summed E-state index contributed by atoms with van der Waals surface area (Å²) in [6, 6.07) is 4.03. The van der Waals surface area contributed by atoms with Gasteiger partial charge in [-0.3, -0.25) is 0 Å². The summed E-state index contributed by atoms with van der Waals surface area (Å²) >= 11 is 0. The van der Waals surface area contributed by atoms with Gasteiger partial charge in [0.2, 0.25) is 10.0 Å². The number of hydrogen-bond acceptors (Lipinski definition) is 5. The van der Waals surface area contributed by atoms with E-state index in [0.717, 1.165) is 6.42 Å². The van der Waals surface area contributed by atoms with Crippen LogP contribution >= 0.6 is 0 Å². The number of hydrogen-bond donors (Lipinski definition) is 1. The van der Waals surface area contributed by atoms with E-state index >= 15 is 0 Å². The molecule has 2 N–H and O–H groups in total. The molecule has 1 fully saturated rings.